The van der Waals surface area contributed by atoms with Crippen LogP contribution in [0.25, 0.3) is 0 Å². The van der Waals surface area contributed by atoms with Gasteiger partial charge in [0.1, 0.15) is 0 Å². The molecule has 0 aliphatic rings. The molecule has 0 spiro atoms. The maximum atomic E-state index is 9.56. The molecule has 0 rings (SSSR count). The first-order chi connectivity index (χ1) is 4.15. The quantitative estimate of drug-likeness (QED) is 0.419. The maximum absolute atomic E-state index is 9.56. The minimum absolute atomic E-state index is 0.611. The normalized spacial score (nSPS) is 5.67. The molecule has 0 aromatic rings. The van der Waals surface area contributed by atoms with Crippen LogP contribution < -0.4 is 0 Å². The monoisotopic (exact) mass is 150 g/mol. The minimum atomic E-state index is -0.611. The Balaban J connectivity index is -0.0000000646. The maximum Gasteiger partial charge on any atom is 0.0719 e. The van der Waals surface area contributed by atoms with Crippen LogP contribution in [0.15, 0.2) is 26.0 Å². The first kappa shape index (κ1) is 15.8. The summed E-state index contributed by atoms with van der Waals surface area (Å²) in [4.78, 5) is 0. The molecule has 1 N–H and O–H groups in total. The van der Waals surface area contributed by atoms with Gasteiger partial charge in [0.2, 0.25) is 0 Å². The molecule has 9 heavy (non-hydrogen) atoms. The van der Waals surface area contributed by atoms with Crippen molar-refractivity contribution < 1.29 is 9.32 Å². The molecule has 0 unspecified atom stereocenters. The molecule has 0 aromatic heterocycles. The van der Waals surface area contributed by atoms with Crippen molar-refractivity contribution in [1.29, 1.82) is 0 Å². The highest BCUT2D eigenvalue weighted by molar-refractivity contribution is 7.83. The third-order valence-corrected chi connectivity index (χ3v) is 0. The third-order valence-electron chi connectivity index (χ3n) is 0. The van der Waals surface area contributed by atoms with Gasteiger partial charge in [0.15, 0.2) is 0 Å². The Morgan fingerprint density at radius 1 is 1.44 bits per heavy atom. The van der Waals surface area contributed by atoms with Gasteiger partial charge in [0.05, 0.1) is 6.26 Å². The fourth-order valence-corrected chi connectivity index (χ4v) is 0. The predicted molar refractivity (Wildman–Crippen MR) is 44.1 cm³/mol. The average Bonchev–Trinajstić information content (AvgIpc) is 1.71. The second-order valence-corrected chi connectivity index (χ2v) is 2.41. The van der Waals surface area contributed by atoms with Crippen LogP contribution in [0.3, 0.4) is 0 Å². The van der Waals surface area contributed by atoms with Crippen molar-refractivity contribution in [2.45, 2.75) is 0 Å². The molecule has 3 heteroatoms. The highest BCUT2D eigenvalue weighted by Crippen LogP contribution is 1.47. The van der Waals surface area contributed by atoms with Crippen molar-refractivity contribution in [2.75, 3.05) is 12.5 Å². The Hall–Kier alpha value is -0.570. The van der Waals surface area contributed by atoms with E-state index < -0.39 is 10.8 Å². The Kier molecular flexibility index (Phi) is 45.8. The molecule has 0 amide bonds. The zero-order valence-electron chi connectivity index (χ0n) is 5.96. The molecular formula is C6H14O2S. The lowest BCUT2D eigenvalue weighted by molar-refractivity contribution is 0.476. The molecule has 56 valence electrons. The van der Waals surface area contributed by atoms with Gasteiger partial charge in [0.25, 0.3) is 0 Å². The first-order valence-electron chi connectivity index (χ1n) is 2.15. The van der Waals surface area contributed by atoms with Crippen molar-refractivity contribution in [2.24, 2.45) is 0 Å². The Bertz CT molecular complexity index is 67.5. The fraction of sp³-hybridized carbons (Fsp3) is 0.333. The first-order valence-corrected chi connectivity index (χ1v) is 4.12. The standard InChI is InChI=1S/C2H6OS.C2H4O.C2H4/c1-4(2)3;1-2-3;1-2/h1-2H3;2-3H,1H2;1-2H2. The molecule has 0 aliphatic carbocycles. The summed E-state index contributed by atoms with van der Waals surface area (Å²) in [7, 11) is -0.611. The SMILES string of the molecule is C=C.C=CO.CS(C)=O. The van der Waals surface area contributed by atoms with Crippen molar-refractivity contribution in [3.05, 3.63) is 26.0 Å². The van der Waals surface area contributed by atoms with E-state index in [9.17, 15) is 4.21 Å². The van der Waals surface area contributed by atoms with E-state index in [1.807, 2.05) is 0 Å². The van der Waals surface area contributed by atoms with Gasteiger partial charge in [-0.3, -0.25) is 4.21 Å². The van der Waals surface area contributed by atoms with E-state index in [4.69, 9.17) is 5.11 Å². The lowest BCUT2D eigenvalue weighted by Gasteiger charge is -1.60. The smallest absolute Gasteiger partial charge is 0.0719 e. The molecular weight excluding hydrogens is 136 g/mol. The zero-order valence-corrected chi connectivity index (χ0v) is 6.78. The van der Waals surface area contributed by atoms with E-state index in [1.54, 1.807) is 12.5 Å². The van der Waals surface area contributed by atoms with Crippen molar-refractivity contribution in [3.8, 4) is 0 Å². The van der Waals surface area contributed by atoms with Crippen molar-refractivity contribution in [1.82, 2.24) is 0 Å². The van der Waals surface area contributed by atoms with Crippen LogP contribution in [0.4, 0.5) is 0 Å². The molecule has 0 aliphatic heterocycles. The van der Waals surface area contributed by atoms with E-state index in [-0.39, 0.29) is 0 Å². The van der Waals surface area contributed by atoms with E-state index >= 15 is 0 Å². The highest BCUT2D eigenvalue weighted by atomic mass is 32.2. The Labute approximate surface area is 59.4 Å². The third kappa shape index (κ3) is 674. The van der Waals surface area contributed by atoms with Gasteiger partial charge in [-0.1, -0.05) is 6.58 Å². The molecule has 0 saturated heterocycles. The molecule has 0 radical (unpaired) electrons. The van der Waals surface area contributed by atoms with Crippen LogP contribution in [0.2, 0.25) is 0 Å². The molecule has 0 fully saturated rings. The lowest BCUT2D eigenvalue weighted by atomic mass is 11.2. The van der Waals surface area contributed by atoms with E-state index in [0.29, 0.717) is 0 Å². The van der Waals surface area contributed by atoms with E-state index in [0.717, 1.165) is 6.26 Å². The van der Waals surface area contributed by atoms with Crippen LogP contribution in [0.5, 0.6) is 0 Å². The number of aliphatic hydroxyl groups excluding tert-OH is 1. The molecule has 0 atom stereocenters. The second-order valence-electron chi connectivity index (χ2n) is 0.924. The van der Waals surface area contributed by atoms with Gasteiger partial charge in [-0.15, -0.1) is 13.2 Å². The number of aliphatic hydroxyl groups is 1. The Morgan fingerprint density at radius 3 is 1.44 bits per heavy atom. The van der Waals surface area contributed by atoms with Gasteiger partial charge in [0, 0.05) is 23.3 Å². The molecule has 0 bridgehead atoms. The van der Waals surface area contributed by atoms with E-state index in [2.05, 4.69) is 19.7 Å². The fourth-order valence-electron chi connectivity index (χ4n) is 0. The summed E-state index contributed by atoms with van der Waals surface area (Å²) in [6.45, 7) is 8.92. The summed E-state index contributed by atoms with van der Waals surface area (Å²) in [6.07, 6.45) is 4.03. The zero-order chi connectivity index (χ0) is 8.28. The summed E-state index contributed by atoms with van der Waals surface area (Å²) in [5.74, 6) is 0. The second kappa shape index (κ2) is 26.1. The Morgan fingerprint density at radius 2 is 1.44 bits per heavy atom. The summed E-state index contributed by atoms with van der Waals surface area (Å²) in [5, 5.41) is 7.33. The topological polar surface area (TPSA) is 37.3 Å². The van der Waals surface area contributed by atoms with Crippen LogP contribution in [-0.4, -0.2) is 21.8 Å². The van der Waals surface area contributed by atoms with Gasteiger partial charge in [-0.05, 0) is 0 Å². The number of hydrogen-bond donors (Lipinski definition) is 1. The highest BCUT2D eigenvalue weighted by Gasteiger charge is 1.57. The summed E-state index contributed by atoms with van der Waals surface area (Å²) in [5.41, 5.74) is 0. The average molecular weight is 150 g/mol. The van der Waals surface area contributed by atoms with Gasteiger partial charge < -0.3 is 5.11 Å². The summed E-state index contributed by atoms with van der Waals surface area (Å²) in [6, 6.07) is 0. The molecule has 0 aromatic carbocycles. The van der Waals surface area contributed by atoms with E-state index in [1.165, 1.54) is 0 Å². The van der Waals surface area contributed by atoms with Gasteiger partial charge in [-0.25, -0.2) is 0 Å². The van der Waals surface area contributed by atoms with Crippen LogP contribution in [0.1, 0.15) is 0 Å². The molecule has 0 heterocycles. The summed E-state index contributed by atoms with van der Waals surface area (Å²) >= 11 is 0. The van der Waals surface area contributed by atoms with Crippen molar-refractivity contribution >= 4 is 10.8 Å². The predicted octanol–water partition coefficient (Wildman–Crippen LogP) is 1.48. The van der Waals surface area contributed by atoms with Crippen molar-refractivity contribution in [3.63, 3.8) is 0 Å². The van der Waals surface area contributed by atoms with Crippen LogP contribution in [-0.2, 0) is 10.8 Å². The molecule has 0 saturated carbocycles. The largest absolute Gasteiger partial charge is 0.516 e. The number of hydrogen-bond acceptors (Lipinski definition) is 2. The summed E-state index contributed by atoms with van der Waals surface area (Å²) < 4.78 is 9.56. The number of rotatable bonds is 0. The van der Waals surface area contributed by atoms with Gasteiger partial charge in [-0.2, -0.15) is 0 Å². The van der Waals surface area contributed by atoms with Crippen LogP contribution in [0, 0.1) is 0 Å². The molecule has 2 nitrogen and oxygen atoms in total. The minimum Gasteiger partial charge on any atom is -0.516 e. The van der Waals surface area contributed by atoms with Crippen LogP contribution >= 0.6 is 0 Å². The van der Waals surface area contributed by atoms with Gasteiger partial charge >= 0.3 is 0 Å². The lowest BCUT2D eigenvalue weighted by Crippen LogP contribution is -1.70.